The van der Waals surface area contributed by atoms with E-state index in [1.54, 1.807) is 0 Å². The van der Waals surface area contributed by atoms with Crippen molar-refractivity contribution in [3.8, 4) is 0 Å². The third-order valence-corrected chi connectivity index (χ3v) is 3.69. The normalized spacial score (nSPS) is 23.9. The van der Waals surface area contributed by atoms with E-state index >= 15 is 0 Å². The van der Waals surface area contributed by atoms with Crippen molar-refractivity contribution in [1.29, 1.82) is 0 Å². The van der Waals surface area contributed by atoms with Gasteiger partial charge in [0.25, 0.3) is 0 Å². The zero-order valence-corrected chi connectivity index (χ0v) is 11.8. The van der Waals surface area contributed by atoms with Gasteiger partial charge in [0, 0.05) is 13.2 Å². The molecule has 0 amide bonds. The van der Waals surface area contributed by atoms with E-state index < -0.39 is 0 Å². The standard InChI is InChI=1S/C14H27NO3/c1-3-5-9-17-10-11-18-13(16)14(4-2)7-6-8-15-12-14/h15H,3-12H2,1-2H3. The van der Waals surface area contributed by atoms with Gasteiger partial charge in [-0.2, -0.15) is 0 Å². The van der Waals surface area contributed by atoms with Crippen LogP contribution in [0.1, 0.15) is 46.0 Å². The Morgan fingerprint density at radius 3 is 2.72 bits per heavy atom. The van der Waals surface area contributed by atoms with Gasteiger partial charge in [0.05, 0.1) is 12.0 Å². The van der Waals surface area contributed by atoms with Crippen LogP contribution in [-0.4, -0.2) is 38.9 Å². The van der Waals surface area contributed by atoms with Crippen LogP contribution in [0.5, 0.6) is 0 Å². The molecule has 4 heteroatoms. The highest BCUT2D eigenvalue weighted by Gasteiger charge is 2.39. The Bertz CT molecular complexity index is 237. The highest BCUT2D eigenvalue weighted by atomic mass is 16.6. The lowest BCUT2D eigenvalue weighted by Gasteiger charge is -2.34. The fourth-order valence-electron chi connectivity index (χ4n) is 2.28. The van der Waals surface area contributed by atoms with Crippen LogP contribution in [0.3, 0.4) is 0 Å². The van der Waals surface area contributed by atoms with Crippen molar-refractivity contribution < 1.29 is 14.3 Å². The van der Waals surface area contributed by atoms with Gasteiger partial charge in [0.15, 0.2) is 0 Å². The Balaban J connectivity index is 2.21. The van der Waals surface area contributed by atoms with E-state index in [4.69, 9.17) is 9.47 Å². The molecule has 0 aromatic heterocycles. The number of carbonyl (C=O) groups is 1. The van der Waals surface area contributed by atoms with Crippen LogP contribution in [-0.2, 0) is 14.3 Å². The lowest BCUT2D eigenvalue weighted by molar-refractivity contribution is -0.159. The number of esters is 1. The molecule has 1 N–H and O–H groups in total. The van der Waals surface area contributed by atoms with E-state index in [0.717, 1.165) is 51.8 Å². The van der Waals surface area contributed by atoms with Crippen LogP contribution in [0.15, 0.2) is 0 Å². The van der Waals surface area contributed by atoms with Crippen molar-refractivity contribution >= 4 is 5.97 Å². The van der Waals surface area contributed by atoms with E-state index in [9.17, 15) is 4.79 Å². The molecular formula is C14H27NO3. The Labute approximate surface area is 110 Å². The number of hydrogen-bond donors (Lipinski definition) is 1. The second-order valence-corrected chi connectivity index (χ2v) is 5.02. The predicted molar refractivity (Wildman–Crippen MR) is 71.5 cm³/mol. The third kappa shape index (κ3) is 4.58. The number of nitrogens with one attached hydrogen (secondary N) is 1. The maximum absolute atomic E-state index is 12.1. The zero-order valence-electron chi connectivity index (χ0n) is 11.8. The van der Waals surface area contributed by atoms with Crippen molar-refractivity contribution in [2.75, 3.05) is 32.9 Å². The van der Waals surface area contributed by atoms with Gasteiger partial charge in [-0.25, -0.2) is 0 Å². The van der Waals surface area contributed by atoms with Crippen molar-refractivity contribution in [3.05, 3.63) is 0 Å². The molecule has 106 valence electrons. The van der Waals surface area contributed by atoms with Gasteiger partial charge in [0.1, 0.15) is 6.61 Å². The third-order valence-electron chi connectivity index (χ3n) is 3.69. The quantitative estimate of drug-likeness (QED) is 0.534. The number of ether oxygens (including phenoxy) is 2. The van der Waals surface area contributed by atoms with Gasteiger partial charge in [-0.3, -0.25) is 4.79 Å². The Kier molecular flexibility index (Phi) is 7.28. The van der Waals surface area contributed by atoms with Crippen molar-refractivity contribution in [3.63, 3.8) is 0 Å². The lowest BCUT2D eigenvalue weighted by Crippen LogP contribution is -2.46. The Hall–Kier alpha value is -0.610. The average Bonchev–Trinajstić information content (AvgIpc) is 2.43. The molecule has 1 heterocycles. The molecule has 0 aromatic rings. The van der Waals surface area contributed by atoms with Gasteiger partial charge < -0.3 is 14.8 Å². The second kappa shape index (κ2) is 8.48. The van der Waals surface area contributed by atoms with E-state index in [2.05, 4.69) is 19.2 Å². The Morgan fingerprint density at radius 1 is 1.28 bits per heavy atom. The highest BCUT2D eigenvalue weighted by Crippen LogP contribution is 2.31. The molecule has 1 unspecified atom stereocenters. The smallest absolute Gasteiger partial charge is 0.313 e. The van der Waals surface area contributed by atoms with Gasteiger partial charge in [-0.1, -0.05) is 20.3 Å². The van der Waals surface area contributed by atoms with Crippen LogP contribution in [0.2, 0.25) is 0 Å². The molecule has 0 saturated carbocycles. The summed E-state index contributed by atoms with van der Waals surface area (Å²) in [5.41, 5.74) is -0.304. The molecule has 1 fully saturated rings. The summed E-state index contributed by atoms with van der Waals surface area (Å²) in [5, 5.41) is 3.29. The maximum Gasteiger partial charge on any atom is 0.313 e. The monoisotopic (exact) mass is 257 g/mol. The maximum atomic E-state index is 12.1. The minimum atomic E-state index is -0.304. The first-order valence-corrected chi connectivity index (χ1v) is 7.21. The topological polar surface area (TPSA) is 47.6 Å². The number of unbranched alkanes of at least 4 members (excludes halogenated alkanes) is 1. The largest absolute Gasteiger partial charge is 0.463 e. The molecule has 1 saturated heterocycles. The number of rotatable bonds is 8. The van der Waals surface area contributed by atoms with Crippen LogP contribution >= 0.6 is 0 Å². The first kappa shape index (κ1) is 15.4. The fourth-order valence-corrected chi connectivity index (χ4v) is 2.28. The van der Waals surface area contributed by atoms with Crippen molar-refractivity contribution in [2.45, 2.75) is 46.0 Å². The molecule has 0 spiro atoms. The van der Waals surface area contributed by atoms with Crippen LogP contribution < -0.4 is 5.32 Å². The van der Waals surface area contributed by atoms with E-state index in [-0.39, 0.29) is 11.4 Å². The van der Waals surface area contributed by atoms with Crippen molar-refractivity contribution in [1.82, 2.24) is 5.32 Å². The van der Waals surface area contributed by atoms with E-state index in [0.29, 0.717) is 13.2 Å². The molecule has 0 aromatic carbocycles. The number of hydrogen-bond acceptors (Lipinski definition) is 4. The SMILES string of the molecule is CCCCOCCOC(=O)C1(CC)CCCNC1. The summed E-state index contributed by atoms with van der Waals surface area (Å²) >= 11 is 0. The van der Waals surface area contributed by atoms with Crippen molar-refractivity contribution in [2.24, 2.45) is 5.41 Å². The van der Waals surface area contributed by atoms with Gasteiger partial charge in [-0.15, -0.1) is 0 Å². The first-order valence-electron chi connectivity index (χ1n) is 7.21. The minimum absolute atomic E-state index is 0.0590. The van der Waals surface area contributed by atoms with Crippen LogP contribution in [0, 0.1) is 5.41 Å². The average molecular weight is 257 g/mol. The molecule has 18 heavy (non-hydrogen) atoms. The summed E-state index contributed by atoms with van der Waals surface area (Å²) in [6, 6.07) is 0. The summed E-state index contributed by atoms with van der Waals surface area (Å²) in [5.74, 6) is -0.0590. The molecule has 0 aliphatic carbocycles. The van der Waals surface area contributed by atoms with Crippen LogP contribution in [0.4, 0.5) is 0 Å². The van der Waals surface area contributed by atoms with Crippen LogP contribution in [0.25, 0.3) is 0 Å². The molecule has 1 aliphatic rings. The number of piperidine rings is 1. The molecule has 0 radical (unpaired) electrons. The van der Waals surface area contributed by atoms with Gasteiger partial charge in [0.2, 0.25) is 0 Å². The zero-order chi connectivity index (χ0) is 13.3. The van der Waals surface area contributed by atoms with Gasteiger partial charge >= 0.3 is 5.97 Å². The predicted octanol–water partition coefficient (Wildman–Crippen LogP) is 2.13. The first-order chi connectivity index (χ1) is 8.75. The Morgan fingerprint density at radius 2 is 2.11 bits per heavy atom. The second-order valence-electron chi connectivity index (χ2n) is 5.02. The minimum Gasteiger partial charge on any atom is -0.463 e. The van der Waals surface area contributed by atoms with E-state index in [1.807, 2.05) is 0 Å². The molecule has 1 atom stereocenters. The fraction of sp³-hybridized carbons (Fsp3) is 0.929. The molecule has 1 rings (SSSR count). The van der Waals surface area contributed by atoms with Gasteiger partial charge in [-0.05, 0) is 32.2 Å². The molecular weight excluding hydrogens is 230 g/mol. The molecule has 4 nitrogen and oxygen atoms in total. The summed E-state index contributed by atoms with van der Waals surface area (Å²) < 4.78 is 10.7. The summed E-state index contributed by atoms with van der Waals surface area (Å²) in [6.45, 7) is 7.60. The highest BCUT2D eigenvalue weighted by molar-refractivity contribution is 5.77. The molecule has 0 bridgehead atoms. The summed E-state index contributed by atoms with van der Waals surface area (Å²) in [7, 11) is 0. The number of carbonyl (C=O) groups excluding carboxylic acids is 1. The molecule has 1 aliphatic heterocycles. The summed E-state index contributed by atoms with van der Waals surface area (Å²) in [4.78, 5) is 12.1. The van der Waals surface area contributed by atoms with E-state index in [1.165, 1.54) is 0 Å². The lowest BCUT2D eigenvalue weighted by atomic mass is 9.78. The summed E-state index contributed by atoms with van der Waals surface area (Å²) in [6.07, 6.45) is 5.03.